The van der Waals surface area contributed by atoms with Gasteiger partial charge in [0.1, 0.15) is 0 Å². The third kappa shape index (κ3) is 3.43. The Morgan fingerprint density at radius 2 is 1.71 bits per heavy atom. The highest BCUT2D eigenvalue weighted by molar-refractivity contribution is 6.12. The lowest BCUT2D eigenvalue weighted by molar-refractivity contribution is -0.138. The number of hydrogen-bond donors (Lipinski definition) is 2. The van der Waals surface area contributed by atoms with Gasteiger partial charge in [-0.15, -0.1) is 0 Å². The SMILES string of the molecule is CCC1(N2C(=O)C(O)(CC(=O)c3cccc(C(F)(F)F)c3)c3ccccc32)CNc2ccccc21. The second-order valence-corrected chi connectivity index (χ2v) is 8.98. The third-order valence-electron chi connectivity index (χ3n) is 7.09. The molecule has 0 spiro atoms. The van der Waals surface area contributed by atoms with Gasteiger partial charge < -0.3 is 10.4 Å². The van der Waals surface area contributed by atoms with E-state index in [9.17, 15) is 27.9 Å². The number of nitrogens with zero attached hydrogens (tertiary/aromatic N) is 1. The first-order chi connectivity index (χ1) is 16.6. The van der Waals surface area contributed by atoms with Crippen molar-refractivity contribution in [2.24, 2.45) is 0 Å². The number of anilines is 2. The van der Waals surface area contributed by atoms with Crippen LogP contribution in [0, 0.1) is 0 Å². The van der Waals surface area contributed by atoms with Crippen LogP contribution in [0.2, 0.25) is 0 Å². The van der Waals surface area contributed by atoms with Crippen molar-refractivity contribution < 1.29 is 27.9 Å². The molecule has 0 aliphatic carbocycles. The molecule has 1 amide bonds. The van der Waals surface area contributed by atoms with Crippen molar-refractivity contribution in [3.8, 4) is 0 Å². The Morgan fingerprint density at radius 1 is 1.03 bits per heavy atom. The molecule has 0 bridgehead atoms. The highest BCUT2D eigenvalue weighted by Gasteiger charge is 2.58. The summed E-state index contributed by atoms with van der Waals surface area (Å²) in [5.74, 6) is -1.42. The number of hydrogen-bond acceptors (Lipinski definition) is 4. The molecule has 180 valence electrons. The van der Waals surface area contributed by atoms with Crippen molar-refractivity contribution in [2.45, 2.75) is 37.1 Å². The fourth-order valence-electron chi connectivity index (χ4n) is 5.28. The lowest BCUT2D eigenvalue weighted by Crippen LogP contribution is -2.53. The van der Waals surface area contributed by atoms with E-state index in [1.165, 1.54) is 6.07 Å². The monoisotopic (exact) mass is 480 g/mol. The highest BCUT2D eigenvalue weighted by Crippen LogP contribution is 2.52. The number of carbonyl (C=O) groups excluding carboxylic acids is 2. The van der Waals surface area contributed by atoms with Gasteiger partial charge in [0.25, 0.3) is 5.91 Å². The zero-order chi connectivity index (χ0) is 25.0. The zero-order valence-electron chi connectivity index (χ0n) is 18.9. The van der Waals surface area contributed by atoms with Crippen LogP contribution in [0.3, 0.4) is 0 Å². The summed E-state index contributed by atoms with van der Waals surface area (Å²) in [7, 11) is 0. The van der Waals surface area contributed by atoms with Gasteiger partial charge in [0.15, 0.2) is 11.4 Å². The molecular weight excluding hydrogens is 457 g/mol. The van der Waals surface area contributed by atoms with Crippen LogP contribution in [0.15, 0.2) is 72.8 Å². The molecule has 2 atom stereocenters. The number of rotatable bonds is 5. The number of aliphatic hydroxyl groups is 1. The fourth-order valence-corrected chi connectivity index (χ4v) is 5.28. The van der Waals surface area contributed by atoms with Gasteiger partial charge in [-0.3, -0.25) is 14.5 Å². The van der Waals surface area contributed by atoms with Crippen LogP contribution in [0.5, 0.6) is 0 Å². The lowest BCUT2D eigenvalue weighted by Gasteiger charge is -2.39. The number of ketones is 1. The first kappa shape index (κ1) is 23.1. The van der Waals surface area contributed by atoms with Gasteiger partial charge in [-0.2, -0.15) is 13.2 Å². The molecule has 3 aromatic carbocycles. The maximum Gasteiger partial charge on any atom is 0.416 e. The topological polar surface area (TPSA) is 69.6 Å². The molecule has 0 saturated carbocycles. The largest absolute Gasteiger partial charge is 0.416 e. The first-order valence-corrected chi connectivity index (χ1v) is 11.3. The summed E-state index contributed by atoms with van der Waals surface area (Å²) >= 11 is 0. The second-order valence-electron chi connectivity index (χ2n) is 8.98. The van der Waals surface area contributed by atoms with Crippen LogP contribution in [0.1, 0.15) is 46.8 Å². The molecule has 2 unspecified atom stereocenters. The smallest absolute Gasteiger partial charge is 0.382 e. The van der Waals surface area contributed by atoms with Crippen molar-refractivity contribution >= 4 is 23.1 Å². The molecule has 5 nitrogen and oxygen atoms in total. The molecule has 2 N–H and O–H groups in total. The highest BCUT2D eigenvalue weighted by atomic mass is 19.4. The number of amides is 1. The molecule has 0 saturated heterocycles. The number of carbonyl (C=O) groups is 2. The van der Waals surface area contributed by atoms with Crippen molar-refractivity contribution in [1.82, 2.24) is 0 Å². The van der Waals surface area contributed by atoms with Crippen LogP contribution in [0.25, 0.3) is 0 Å². The van der Waals surface area contributed by atoms with Gasteiger partial charge in [0.2, 0.25) is 0 Å². The van der Waals surface area contributed by atoms with E-state index < -0.39 is 41.0 Å². The average Bonchev–Trinajstić information content (AvgIpc) is 3.33. The Hall–Kier alpha value is -3.65. The van der Waals surface area contributed by atoms with Crippen LogP contribution >= 0.6 is 0 Å². The van der Waals surface area contributed by atoms with E-state index in [-0.39, 0.29) is 11.1 Å². The number of alkyl halides is 3. The van der Waals surface area contributed by atoms with Gasteiger partial charge in [-0.05, 0) is 30.7 Å². The Morgan fingerprint density at radius 3 is 2.43 bits per heavy atom. The van der Waals surface area contributed by atoms with Crippen molar-refractivity contribution in [3.05, 3.63) is 95.1 Å². The van der Waals surface area contributed by atoms with Crippen molar-refractivity contribution in [2.75, 3.05) is 16.8 Å². The second kappa shape index (κ2) is 7.95. The molecule has 35 heavy (non-hydrogen) atoms. The minimum Gasteiger partial charge on any atom is -0.382 e. The minimum atomic E-state index is -4.61. The number of Topliss-reactive ketones (excluding diaryl/α,β-unsaturated/α-hetero) is 1. The summed E-state index contributed by atoms with van der Waals surface area (Å²) in [6.07, 6.45) is -4.75. The third-order valence-corrected chi connectivity index (χ3v) is 7.09. The summed E-state index contributed by atoms with van der Waals surface area (Å²) in [6, 6.07) is 18.4. The van der Waals surface area contributed by atoms with Crippen molar-refractivity contribution in [1.29, 1.82) is 0 Å². The normalized spacial score (nSPS) is 23.1. The number of nitrogens with one attached hydrogen (secondary N) is 1. The molecule has 3 aromatic rings. The minimum absolute atomic E-state index is 0.213. The lowest BCUT2D eigenvalue weighted by atomic mass is 9.86. The summed E-state index contributed by atoms with van der Waals surface area (Å²) in [5.41, 5.74) is -1.65. The number of fused-ring (bicyclic) bond motifs is 2. The first-order valence-electron chi connectivity index (χ1n) is 11.3. The fraction of sp³-hybridized carbons (Fsp3) is 0.259. The van der Waals surface area contributed by atoms with Crippen LogP contribution in [0.4, 0.5) is 24.5 Å². The van der Waals surface area contributed by atoms with E-state index in [0.717, 1.165) is 29.4 Å². The van der Waals surface area contributed by atoms with Crippen LogP contribution in [-0.2, 0) is 22.1 Å². The van der Waals surface area contributed by atoms with Crippen LogP contribution < -0.4 is 10.2 Å². The van der Waals surface area contributed by atoms with E-state index in [0.29, 0.717) is 18.7 Å². The quantitative estimate of drug-likeness (QED) is 0.490. The van der Waals surface area contributed by atoms with Gasteiger partial charge in [0, 0.05) is 28.9 Å². The summed E-state index contributed by atoms with van der Waals surface area (Å²) in [6.45, 7) is 2.37. The van der Waals surface area contributed by atoms with Gasteiger partial charge in [-0.25, -0.2) is 0 Å². The van der Waals surface area contributed by atoms with E-state index in [2.05, 4.69) is 5.32 Å². The van der Waals surface area contributed by atoms with Crippen molar-refractivity contribution in [3.63, 3.8) is 0 Å². The van der Waals surface area contributed by atoms with E-state index in [4.69, 9.17) is 0 Å². The molecule has 0 radical (unpaired) electrons. The Kier molecular flexibility index (Phi) is 5.25. The molecular formula is C27H23F3N2O3. The van der Waals surface area contributed by atoms with Gasteiger partial charge in [0.05, 0.1) is 23.2 Å². The van der Waals surface area contributed by atoms with Crippen LogP contribution in [-0.4, -0.2) is 23.3 Å². The molecule has 2 aliphatic heterocycles. The standard InChI is InChI=1S/C27H23F3N2O3/c1-2-25(16-31-21-12-5-3-10-19(21)25)32-22-13-6-4-11-20(22)26(35,24(32)34)15-23(33)17-8-7-9-18(14-17)27(28,29)30/h3-14,31,35H,2,15-16H2,1H3. The predicted molar refractivity (Wildman–Crippen MR) is 125 cm³/mol. The molecule has 5 rings (SSSR count). The van der Waals surface area contributed by atoms with Gasteiger partial charge in [-0.1, -0.05) is 55.5 Å². The van der Waals surface area contributed by atoms with E-state index in [1.54, 1.807) is 29.2 Å². The number of halogens is 3. The van der Waals surface area contributed by atoms with Gasteiger partial charge >= 0.3 is 6.18 Å². The van der Waals surface area contributed by atoms with E-state index >= 15 is 0 Å². The molecule has 2 aliphatic rings. The average molecular weight is 480 g/mol. The number of para-hydroxylation sites is 2. The Labute approximate surface area is 200 Å². The Balaban J connectivity index is 1.57. The maximum absolute atomic E-state index is 14.0. The Bertz CT molecular complexity index is 1340. The maximum atomic E-state index is 14.0. The molecule has 0 fully saturated rings. The summed E-state index contributed by atoms with van der Waals surface area (Å²) in [5, 5.41) is 15.0. The molecule has 2 heterocycles. The van der Waals surface area contributed by atoms with E-state index in [1.807, 2.05) is 31.2 Å². The molecule has 8 heteroatoms. The summed E-state index contributed by atoms with van der Waals surface area (Å²) in [4.78, 5) is 28.6. The zero-order valence-corrected chi connectivity index (χ0v) is 18.9. The predicted octanol–water partition coefficient (Wildman–Crippen LogP) is 5.24. The number of benzene rings is 3. The molecule has 0 aromatic heterocycles. The summed E-state index contributed by atoms with van der Waals surface area (Å²) < 4.78 is 39.5.